The molecule has 0 aliphatic rings. The standard InChI is InChI=1S/C12H26O3Si2/c1-7-11(4,5)12(6,17-15-16)9(8(2)3)10(13)14/h7,17H2,1-6,16H3,(H,13,14). The van der Waals surface area contributed by atoms with Crippen LogP contribution in [0.3, 0.4) is 0 Å². The lowest BCUT2D eigenvalue weighted by molar-refractivity contribution is -0.133. The Balaban J connectivity index is 5.80. The molecule has 0 aromatic heterocycles. The van der Waals surface area contributed by atoms with Crippen LogP contribution in [0.15, 0.2) is 11.1 Å². The molecular formula is C12H26O3Si2. The predicted octanol–water partition coefficient (Wildman–Crippen LogP) is 1.40. The van der Waals surface area contributed by atoms with Crippen molar-refractivity contribution in [3.05, 3.63) is 11.1 Å². The zero-order valence-corrected chi connectivity index (χ0v) is 15.6. The van der Waals surface area contributed by atoms with Crippen LogP contribution in [0.25, 0.3) is 0 Å². The molecule has 3 nitrogen and oxygen atoms in total. The molecule has 1 atom stereocenters. The first-order valence-corrected chi connectivity index (χ1v) is 8.14. The molecule has 0 saturated heterocycles. The molecule has 1 N–H and O–H groups in total. The number of carboxylic acid groups (broad SMARTS) is 1. The average molecular weight is 275 g/mol. The van der Waals surface area contributed by atoms with Crippen molar-refractivity contribution in [3.63, 3.8) is 0 Å². The van der Waals surface area contributed by atoms with Crippen LogP contribution in [0.4, 0.5) is 0 Å². The SMILES string of the molecule is CCC(C)(C)C(C)([SiH2]O[SiH3])C(C(=O)O)=C(C)C. The van der Waals surface area contributed by atoms with Gasteiger partial charge >= 0.3 is 5.97 Å². The van der Waals surface area contributed by atoms with E-state index >= 15 is 0 Å². The highest BCUT2D eigenvalue weighted by atomic mass is 28.3. The third-order valence-corrected chi connectivity index (χ3v) is 7.12. The van der Waals surface area contributed by atoms with Gasteiger partial charge in [-0.1, -0.05) is 39.7 Å². The molecule has 0 spiro atoms. The summed E-state index contributed by atoms with van der Waals surface area (Å²) in [5.41, 5.74) is 1.41. The van der Waals surface area contributed by atoms with Crippen molar-refractivity contribution in [2.75, 3.05) is 0 Å². The van der Waals surface area contributed by atoms with Crippen LogP contribution in [-0.2, 0) is 8.91 Å². The van der Waals surface area contributed by atoms with Crippen LogP contribution in [-0.4, -0.2) is 31.3 Å². The Labute approximate surface area is 110 Å². The smallest absolute Gasteiger partial charge is 0.331 e. The molecule has 0 rings (SSSR count). The van der Waals surface area contributed by atoms with Crippen molar-refractivity contribution in [1.29, 1.82) is 0 Å². The zero-order valence-electron chi connectivity index (χ0n) is 12.2. The number of hydrogen-bond donors (Lipinski definition) is 1. The summed E-state index contributed by atoms with van der Waals surface area (Å²) in [6.45, 7) is 12.2. The minimum absolute atomic E-state index is 0.0470. The maximum Gasteiger partial charge on any atom is 0.331 e. The van der Waals surface area contributed by atoms with Gasteiger partial charge in [0.05, 0.1) is 0 Å². The minimum atomic E-state index is -0.886. The quantitative estimate of drug-likeness (QED) is 0.588. The summed E-state index contributed by atoms with van der Waals surface area (Å²) in [5, 5.41) is 9.17. The highest BCUT2D eigenvalue weighted by Gasteiger charge is 2.46. The summed E-state index contributed by atoms with van der Waals surface area (Å²) in [4.78, 5) is 11.5. The molecule has 5 heteroatoms. The van der Waals surface area contributed by atoms with Gasteiger partial charge in [0.2, 0.25) is 0 Å². The van der Waals surface area contributed by atoms with Gasteiger partial charge in [0.25, 0.3) is 0 Å². The maximum atomic E-state index is 11.5. The lowest BCUT2D eigenvalue weighted by Crippen LogP contribution is -2.39. The second-order valence-corrected chi connectivity index (χ2v) is 9.69. The van der Waals surface area contributed by atoms with Crippen LogP contribution >= 0.6 is 0 Å². The Morgan fingerprint density at radius 1 is 1.35 bits per heavy atom. The first kappa shape index (κ1) is 16.6. The van der Waals surface area contributed by atoms with E-state index in [1.54, 1.807) is 0 Å². The summed E-state index contributed by atoms with van der Waals surface area (Å²) in [6, 6.07) is 0. The number of carboxylic acids is 1. The predicted molar refractivity (Wildman–Crippen MR) is 78.0 cm³/mol. The van der Waals surface area contributed by atoms with Gasteiger partial charge in [-0.3, -0.25) is 0 Å². The third-order valence-electron chi connectivity index (χ3n) is 4.08. The molecule has 17 heavy (non-hydrogen) atoms. The van der Waals surface area contributed by atoms with E-state index in [0.29, 0.717) is 16.1 Å². The molecular weight excluding hydrogens is 248 g/mol. The van der Waals surface area contributed by atoms with E-state index in [9.17, 15) is 9.90 Å². The van der Waals surface area contributed by atoms with Crippen molar-refractivity contribution < 1.29 is 14.0 Å². The van der Waals surface area contributed by atoms with Crippen molar-refractivity contribution in [3.8, 4) is 0 Å². The van der Waals surface area contributed by atoms with Crippen LogP contribution in [0.2, 0.25) is 5.04 Å². The second-order valence-electron chi connectivity index (χ2n) is 5.68. The lowest BCUT2D eigenvalue weighted by atomic mass is 9.71. The Hall–Kier alpha value is -0.396. The van der Waals surface area contributed by atoms with Gasteiger partial charge in [0.1, 0.15) is 10.5 Å². The number of allylic oxidation sites excluding steroid dienone is 1. The summed E-state index contributed by atoms with van der Waals surface area (Å²) in [7, 11) is -0.196. The van der Waals surface area contributed by atoms with Crippen LogP contribution < -0.4 is 0 Å². The zero-order chi connectivity index (χ0) is 13.9. The Morgan fingerprint density at radius 2 is 1.82 bits per heavy atom. The van der Waals surface area contributed by atoms with E-state index in [4.69, 9.17) is 4.12 Å². The lowest BCUT2D eigenvalue weighted by Gasteiger charge is -2.44. The third kappa shape index (κ3) is 3.29. The van der Waals surface area contributed by atoms with Gasteiger partial charge in [-0.15, -0.1) is 0 Å². The highest BCUT2D eigenvalue weighted by Crippen LogP contribution is 2.53. The van der Waals surface area contributed by atoms with Crippen molar-refractivity contribution in [1.82, 2.24) is 0 Å². The van der Waals surface area contributed by atoms with E-state index in [-0.39, 0.29) is 10.5 Å². The topological polar surface area (TPSA) is 46.5 Å². The second kappa shape index (κ2) is 5.97. The van der Waals surface area contributed by atoms with Crippen molar-refractivity contribution in [2.24, 2.45) is 5.41 Å². The van der Waals surface area contributed by atoms with Gasteiger partial charge in [0, 0.05) is 10.6 Å². The normalized spacial score (nSPS) is 16.1. The van der Waals surface area contributed by atoms with Gasteiger partial charge < -0.3 is 9.22 Å². The molecule has 0 aromatic carbocycles. The highest BCUT2D eigenvalue weighted by molar-refractivity contribution is 6.41. The van der Waals surface area contributed by atoms with E-state index in [0.717, 1.165) is 12.0 Å². The number of aliphatic carboxylic acids is 1. The molecule has 0 bridgehead atoms. The molecule has 0 amide bonds. The fourth-order valence-corrected chi connectivity index (χ4v) is 5.89. The van der Waals surface area contributed by atoms with E-state index < -0.39 is 15.7 Å². The van der Waals surface area contributed by atoms with Crippen molar-refractivity contribution >= 4 is 26.2 Å². The van der Waals surface area contributed by atoms with Crippen LogP contribution in [0, 0.1) is 5.41 Å². The molecule has 0 fully saturated rings. The molecule has 0 aromatic rings. The Kier molecular flexibility index (Phi) is 5.83. The summed E-state index contributed by atoms with van der Waals surface area (Å²) < 4.78 is 5.56. The van der Waals surface area contributed by atoms with Crippen LogP contribution in [0.5, 0.6) is 0 Å². The number of rotatable bonds is 6. The molecule has 0 saturated carbocycles. The molecule has 1 unspecified atom stereocenters. The number of carbonyl (C=O) groups is 1. The van der Waals surface area contributed by atoms with E-state index in [1.807, 2.05) is 13.8 Å². The van der Waals surface area contributed by atoms with E-state index in [1.165, 1.54) is 0 Å². The van der Waals surface area contributed by atoms with E-state index in [2.05, 4.69) is 27.7 Å². The summed E-state index contributed by atoms with van der Waals surface area (Å²) in [6.07, 6.45) is 0.950. The largest absolute Gasteiger partial charge is 0.478 e. The summed E-state index contributed by atoms with van der Waals surface area (Å²) in [5.74, 6) is -0.791. The summed E-state index contributed by atoms with van der Waals surface area (Å²) >= 11 is 0. The van der Waals surface area contributed by atoms with Gasteiger partial charge in [0.15, 0.2) is 9.76 Å². The fraction of sp³-hybridized carbons (Fsp3) is 0.750. The molecule has 0 radical (unpaired) electrons. The molecule has 0 aliphatic heterocycles. The molecule has 100 valence electrons. The van der Waals surface area contributed by atoms with Gasteiger partial charge in [-0.05, 0) is 19.3 Å². The monoisotopic (exact) mass is 274 g/mol. The van der Waals surface area contributed by atoms with Gasteiger partial charge in [-0.25, -0.2) is 4.79 Å². The van der Waals surface area contributed by atoms with Crippen LogP contribution in [0.1, 0.15) is 48.0 Å². The fourth-order valence-electron chi connectivity index (χ4n) is 2.29. The van der Waals surface area contributed by atoms with Crippen molar-refractivity contribution in [2.45, 2.75) is 53.0 Å². The Bertz CT molecular complexity index is 320. The molecule has 0 aliphatic carbocycles. The first-order valence-electron chi connectivity index (χ1n) is 6.04. The Morgan fingerprint density at radius 3 is 2.06 bits per heavy atom. The maximum absolute atomic E-state index is 11.5. The minimum Gasteiger partial charge on any atom is -0.478 e. The average Bonchev–Trinajstić information content (AvgIpc) is 2.16. The number of hydrogen-bond acceptors (Lipinski definition) is 2. The molecule has 0 heterocycles. The first-order chi connectivity index (χ1) is 7.64. The van der Waals surface area contributed by atoms with Gasteiger partial charge in [-0.2, -0.15) is 0 Å².